The van der Waals surface area contributed by atoms with Crippen molar-refractivity contribution >= 4 is 11.0 Å². The lowest BCUT2D eigenvalue weighted by molar-refractivity contribution is 0.0135. The van der Waals surface area contributed by atoms with Crippen LogP contribution in [0.25, 0.3) is 11.0 Å². The SMILES string of the molecule is CCOC(C1CC1)C(NN)c1cc2cccc(F)c2o1. The summed E-state index contributed by atoms with van der Waals surface area (Å²) in [4.78, 5) is 0. The zero-order valence-corrected chi connectivity index (χ0v) is 11.4. The Kier molecular flexibility index (Phi) is 3.74. The average molecular weight is 278 g/mol. The van der Waals surface area contributed by atoms with E-state index < -0.39 is 0 Å². The fourth-order valence-electron chi connectivity index (χ4n) is 2.66. The third kappa shape index (κ3) is 2.44. The number of rotatable bonds is 6. The van der Waals surface area contributed by atoms with Crippen LogP contribution in [-0.4, -0.2) is 12.7 Å². The van der Waals surface area contributed by atoms with Crippen LogP contribution >= 0.6 is 0 Å². The van der Waals surface area contributed by atoms with E-state index in [2.05, 4.69) is 5.43 Å². The number of ether oxygens (including phenoxy) is 1. The molecule has 3 rings (SSSR count). The first-order valence-corrected chi connectivity index (χ1v) is 7.00. The predicted molar refractivity (Wildman–Crippen MR) is 74.4 cm³/mol. The lowest BCUT2D eigenvalue weighted by atomic mass is 10.0. The minimum Gasteiger partial charge on any atom is -0.456 e. The second kappa shape index (κ2) is 5.52. The molecule has 2 aromatic rings. The van der Waals surface area contributed by atoms with Crippen LogP contribution in [0.1, 0.15) is 31.6 Å². The Balaban J connectivity index is 1.95. The van der Waals surface area contributed by atoms with Gasteiger partial charge in [0.1, 0.15) is 11.8 Å². The van der Waals surface area contributed by atoms with Gasteiger partial charge in [0.2, 0.25) is 0 Å². The zero-order valence-electron chi connectivity index (χ0n) is 11.4. The maximum absolute atomic E-state index is 13.7. The van der Waals surface area contributed by atoms with Gasteiger partial charge in [0.05, 0.1) is 6.10 Å². The van der Waals surface area contributed by atoms with Gasteiger partial charge in [-0.3, -0.25) is 5.84 Å². The molecule has 5 heteroatoms. The number of benzene rings is 1. The Bertz CT molecular complexity index is 595. The largest absolute Gasteiger partial charge is 0.456 e. The van der Waals surface area contributed by atoms with E-state index in [1.165, 1.54) is 6.07 Å². The van der Waals surface area contributed by atoms with E-state index in [1.807, 2.05) is 19.1 Å². The first kappa shape index (κ1) is 13.5. The number of furan rings is 1. The first-order chi connectivity index (χ1) is 9.74. The molecule has 1 aliphatic carbocycles. The minimum atomic E-state index is -0.357. The Labute approximate surface area is 117 Å². The Morgan fingerprint density at radius 3 is 2.90 bits per heavy atom. The van der Waals surface area contributed by atoms with Crippen LogP contribution < -0.4 is 11.3 Å². The number of hydrazine groups is 1. The smallest absolute Gasteiger partial charge is 0.169 e. The molecule has 1 heterocycles. The number of halogens is 1. The average Bonchev–Trinajstić information content (AvgIpc) is 3.19. The number of nitrogens with two attached hydrogens (primary N) is 1. The summed E-state index contributed by atoms with van der Waals surface area (Å²) in [5, 5.41) is 0.742. The Hall–Kier alpha value is -1.43. The van der Waals surface area contributed by atoms with Crippen molar-refractivity contribution in [3.8, 4) is 0 Å². The van der Waals surface area contributed by atoms with Gasteiger partial charge < -0.3 is 9.15 Å². The van der Waals surface area contributed by atoms with E-state index in [0.29, 0.717) is 18.3 Å². The molecule has 1 aliphatic rings. The highest BCUT2D eigenvalue weighted by molar-refractivity contribution is 5.78. The molecule has 0 radical (unpaired) electrons. The molecule has 2 unspecified atom stereocenters. The van der Waals surface area contributed by atoms with Crippen LogP contribution in [0.15, 0.2) is 28.7 Å². The molecular weight excluding hydrogens is 259 g/mol. The second-order valence-electron chi connectivity index (χ2n) is 5.21. The summed E-state index contributed by atoms with van der Waals surface area (Å²) in [6.45, 7) is 2.58. The highest BCUT2D eigenvalue weighted by atomic mass is 19.1. The fourth-order valence-corrected chi connectivity index (χ4v) is 2.66. The monoisotopic (exact) mass is 278 g/mol. The van der Waals surface area contributed by atoms with Crippen molar-refractivity contribution in [1.82, 2.24) is 5.43 Å². The topological polar surface area (TPSA) is 60.4 Å². The maximum Gasteiger partial charge on any atom is 0.169 e. The van der Waals surface area contributed by atoms with Crippen molar-refractivity contribution in [2.75, 3.05) is 6.61 Å². The maximum atomic E-state index is 13.7. The van der Waals surface area contributed by atoms with Crippen LogP contribution in [-0.2, 0) is 4.74 Å². The molecule has 1 aromatic heterocycles. The van der Waals surface area contributed by atoms with Gasteiger partial charge in [-0.15, -0.1) is 0 Å². The standard InChI is InChI=1S/C15H19FN2O2/c1-2-19-15(9-6-7-9)13(18-17)12-8-10-4-3-5-11(16)14(10)20-12/h3-5,8-9,13,15,18H,2,6-7,17H2,1H3. The molecule has 0 spiro atoms. The number of fused-ring (bicyclic) bond motifs is 1. The molecule has 0 saturated heterocycles. The van der Waals surface area contributed by atoms with Gasteiger partial charge in [-0.2, -0.15) is 0 Å². The first-order valence-electron chi connectivity index (χ1n) is 7.00. The Morgan fingerprint density at radius 2 is 2.30 bits per heavy atom. The third-order valence-electron chi connectivity index (χ3n) is 3.78. The normalized spacial score (nSPS) is 18.4. The summed E-state index contributed by atoms with van der Waals surface area (Å²) < 4.78 is 25.2. The van der Waals surface area contributed by atoms with E-state index in [-0.39, 0.29) is 23.5 Å². The summed E-state index contributed by atoms with van der Waals surface area (Å²) in [5.41, 5.74) is 3.04. The van der Waals surface area contributed by atoms with Crippen molar-refractivity contribution in [3.63, 3.8) is 0 Å². The van der Waals surface area contributed by atoms with Gasteiger partial charge in [-0.05, 0) is 37.8 Å². The fraction of sp³-hybridized carbons (Fsp3) is 0.467. The summed E-state index contributed by atoms with van der Waals surface area (Å²) in [6.07, 6.45) is 2.24. The Morgan fingerprint density at radius 1 is 1.50 bits per heavy atom. The number of hydrogen-bond donors (Lipinski definition) is 2. The molecule has 3 N–H and O–H groups in total. The van der Waals surface area contributed by atoms with Crippen molar-refractivity contribution in [2.24, 2.45) is 11.8 Å². The predicted octanol–water partition coefficient (Wildman–Crippen LogP) is 2.89. The van der Waals surface area contributed by atoms with Crippen LogP contribution in [0.5, 0.6) is 0 Å². The van der Waals surface area contributed by atoms with Gasteiger partial charge in [-0.1, -0.05) is 12.1 Å². The molecule has 1 aromatic carbocycles. The van der Waals surface area contributed by atoms with Crippen LogP contribution in [0, 0.1) is 11.7 Å². The van der Waals surface area contributed by atoms with Crippen molar-refractivity contribution in [2.45, 2.75) is 31.9 Å². The molecule has 4 nitrogen and oxygen atoms in total. The van der Waals surface area contributed by atoms with Crippen molar-refractivity contribution in [1.29, 1.82) is 0 Å². The lowest BCUT2D eigenvalue weighted by Crippen LogP contribution is -2.39. The summed E-state index contributed by atoms with van der Waals surface area (Å²) >= 11 is 0. The highest BCUT2D eigenvalue weighted by Gasteiger charge is 2.39. The van der Waals surface area contributed by atoms with Crippen LogP contribution in [0.4, 0.5) is 4.39 Å². The van der Waals surface area contributed by atoms with Gasteiger partial charge in [0, 0.05) is 12.0 Å². The molecule has 0 aliphatic heterocycles. The molecule has 0 bridgehead atoms. The zero-order chi connectivity index (χ0) is 14.1. The lowest BCUT2D eigenvalue weighted by Gasteiger charge is -2.24. The number of nitrogens with one attached hydrogen (secondary N) is 1. The summed E-state index contributed by atoms with van der Waals surface area (Å²) in [5.74, 6) is 6.44. The third-order valence-corrected chi connectivity index (χ3v) is 3.78. The van der Waals surface area contributed by atoms with E-state index in [4.69, 9.17) is 15.0 Å². The highest BCUT2D eigenvalue weighted by Crippen LogP contribution is 2.40. The van der Waals surface area contributed by atoms with E-state index in [1.54, 1.807) is 6.07 Å². The molecular formula is C15H19FN2O2. The van der Waals surface area contributed by atoms with Crippen LogP contribution in [0.2, 0.25) is 0 Å². The molecule has 1 fully saturated rings. The number of hydrogen-bond acceptors (Lipinski definition) is 4. The minimum absolute atomic E-state index is 0.0337. The van der Waals surface area contributed by atoms with Crippen LogP contribution in [0.3, 0.4) is 0 Å². The van der Waals surface area contributed by atoms with Gasteiger partial charge in [0.25, 0.3) is 0 Å². The molecule has 1 saturated carbocycles. The second-order valence-corrected chi connectivity index (χ2v) is 5.21. The molecule has 0 amide bonds. The summed E-state index contributed by atoms with van der Waals surface area (Å²) in [7, 11) is 0. The van der Waals surface area contributed by atoms with E-state index in [0.717, 1.165) is 18.2 Å². The number of para-hydroxylation sites is 1. The quantitative estimate of drug-likeness (QED) is 0.630. The van der Waals surface area contributed by atoms with Gasteiger partial charge >= 0.3 is 0 Å². The molecule has 20 heavy (non-hydrogen) atoms. The molecule has 108 valence electrons. The van der Waals surface area contributed by atoms with Gasteiger partial charge in [0.15, 0.2) is 11.4 Å². The van der Waals surface area contributed by atoms with Gasteiger partial charge in [-0.25, -0.2) is 9.82 Å². The van der Waals surface area contributed by atoms with Crippen molar-refractivity contribution in [3.05, 3.63) is 35.8 Å². The van der Waals surface area contributed by atoms with Crippen molar-refractivity contribution < 1.29 is 13.5 Å². The van der Waals surface area contributed by atoms with E-state index >= 15 is 0 Å². The van der Waals surface area contributed by atoms with E-state index in [9.17, 15) is 4.39 Å². The molecule has 2 atom stereocenters. The summed E-state index contributed by atoms with van der Waals surface area (Å²) in [6, 6.07) is 6.46.